The number of hydrazine groups is 1. The van der Waals surface area contributed by atoms with Crippen molar-refractivity contribution >= 4 is 6.41 Å². The van der Waals surface area contributed by atoms with E-state index in [2.05, 4.69) is 12.2 Å². The minimum Gasteiger partial charge on any atom is -0.401 e. The summed E-state index contributed by atoms with van der Waals surface area (Å²) in [5.74, 6) is 6.04. The van der Waals surface area contributed by atoms with Gasteiger partial charge >= 0.3 is 0 Å². The van der Waals surface area contributed by atoms with E-state index in [1.165, 1.54) is 12.8 Å². The van der Waals surface area contributed by atoms with Crippen LogP contribution in [-0.2, 0) is 4.79 Å². The number of hydrogen-bond donors (Lipinski definition) is 3. The van der Waals surface area contributed by atoms with Crippen LogP contribution in [0.1, 0.15) is 52.4 Å². The lowest BCUT2D eigenvalue weighted by Crippen LogP contribution is -2.34. The van der Waals surface area contributed by atoms with Crippen molar-refractivity contribution in [1.29, 1.82) is 0 Å². The maximum absolute atomic E-state index is 10.1. The van der Waals surface area contributed by atoms with Crippen molar-refractivity contribution in [3.63, 3.8) is 0 Å². The van der Waals surface area contributed by atoms with E-state index in [0.29, 0.717) is 19.5 Å². The first-order chi connectivity index (χ1) is 8.67. The van der Waals surface area contributed by atoms with Crippen molar-refractivity contribution in [2.45, 2.75) is 52.4 Å². The number of amides is 1. The number of rotatable bonds is 11. The molecule has 0 saturated carbocycles. The fourth-order valence-corrected chi connectivity index (χ4v) is 1.78. The normalized spacial score (nSPS) is 11.9. The molecule has 106 valence electrons. The zero-order valence-corrected chi connectivity index (χ0v) is 11.7. The second-order valence-corrected chi connectivity index (χ2v) is 4.40. The van der Waals surface area contributed by atoms with Crippen LogP contribution < -0.4 is 16.9 Å². The van der Waals surface area contributed by atoms with Gasteiger partial charge in [-0.2, -0.15) is 0 Å². The van der Waals surface area contributed by atoms with Gasteiger partial charge in [-0.25, -0.2) is 5.84 Å². The average Bonchev–Trinajstić information content (AvgIpc) is 2.38. The van der Waals surface area contributed by atoms with Crippen LogP contribution >= 0.6 is 0 Å². The van der Waals surface area contributed by atoms with Crippen molar-refractivity contribution in [1.82, 2.24) is 10.3 Å². The molecule has 0 bridgehead atoms. The first kappa shape index (κ1) is 16.8. The van der Waals surface area contributed by atoms with E-state index in [1.54, 1.807) is 5.01 Å². The van der Waals surface area contributed by atoms with Crippen LogP contribution in [0.3, 0.4) is 0 Å². The van der Waals surface area contributed by atoms with Crippen molar-refractivity contribution in [3.05, 3.63) is 11.4 Å². The van der Waals surface area contributed by atoms with Crippen molar-refractivity contribution in [2.75, 3.05) is 13.1 Å². The summed E-state index contributed by atoms with van der Waals surface area (Å²) in [5.41, 5.74) is 7.94. The Balaban J connectivity index is 4.23. The van der Waals surface area contributed by atoms with E-state index in [0.717, 1.165) is 37.1 Å². The van der Waals surface area contributed by atoms with Gasteiger partial charge in [-0.05, 0) is 25.7 Å². The number of hydrogen-bond acceptors (Lipinski definition) is 4. The Morgan fingerprint density at radius 1 is 1.28 bits per heavy atom. The van der Waals surface area contributed by atoms with Gasteiger partial charge < -0.3 is 16.1 Å². The lowest BCUT2D eigenvalue weighted by Gasteiger charge is -2.24. The fourth-order valence-electron chi connectivity index (χ4n) is 1.78. The first-order valence-electron chi connectivity index (χ1n) is 6.84. The Morgan fingerprint density at radius 3 is 2.56 bits per heavy atom. The molecule has 0 aliphatic carbocycles. The molecule has 0 aromatic carbocycles. The van der Waals surface area contributed by atoms with Crippen LogP contribution in [0, 0.1) is 0 Å². The molecule has 5 N–H and O–H groups in total. The standard InChI is InChI=1S/C13H28N4O/c1-3-5-6-8-13(12(14)4-2)17(15)10-7-9-16-11-18/h11H,3-10,14-15H2,1-2H3,(H,16,18)/b13-12-. The predicted molar refractivity (Wildman–Crippen MR) is 75.2 cm³/mol. The number of nitrogens with zero attached hydrogens (tertiary/aromatic N) is 1. The van der Waals surface area contributed by atoms with Gasteiger partial charge in [0.05, 0.1) is 0 Å². The molecule has 0 heterocycles. The minimum absolute atomic E-state index is 0.644. The van der Waals surface area contributed by atoms with E-state index in [4.69, 9.17) is 11.6 Å². The van der Waals surface area contributed by atoms with E-state index in [1.807, 2.05) is 6.92 Å². The Kier molecular flexibility index (Phi) is 10.2. The van der Waals surface area contributed by atoms with Gasteiger partial charge in [0, 0.05) is 24.5 Å². The number of nitrogens with one attached hydrogen (secondary N) is 1. The molecule has 1 amide bonds. The molecule has 0 aromatic heterocycles. The monoisotopic (exact) mass is 256 g/mol. The van der Waals surface area contributed by atoms with Crippen molar-refractivity contribution < 1.29 is 4.79 Å². The van der Waals surface area contributed by atoms with Crippen LogP contribution in [0.15, 0.2) is 11.4 Å². The van der Waals surface area contributed by atoms with Crippen molar-refractivity contribution in [2.24, 2.45) is 11.6 Å². The molecule has 0 rings (SSSR count). The average molecular weight is 256 g/mol. The largest absolute Gasteiger partial charge is 0.401 e. The van der Waals surface area contributed by atoms with E-state index in [9.17, 15) is 4.79 Å². The SMILES string of the molecule is CCCCC/C(=C(/N)CC)N(N)CCCNC=O. The van der Waals surface area contributed by atoms with Gasteiger partial charge in [-0.15, -0.1) is 0 Å². The highest BCUT2D eigenvalue weighted by Gasteiger charge is 2.08. The first-order valence-corrected chi connectivity index (χ1v) is 6.84. The molecular formula is C13H28N4O. The van der Waals surface area contributed by atoms with Gasteiger partial charge in [-0.3, -0.25) is 4.79 Å². The Morgan fingerprint density at radius 2 is 2.00 bits per heavy atom. The van der Waals surface area contributed by atoms with Gasteiger partial charge in [0.25, 0.3) is 0 Å². The van der Waals surface area contributed by atoms with E-state index < -0.39 is 0 Å². The molecule has 0 saturated heterocycles. The maximum Gasteiger partial charge on any atom is 0.207 e. The third-order valence-electron chi connectivity index (χ3n) is 2.92. The number of nitrogens with two attached hydrogens (primary N) is 2. The number of carbonyl (C=O) groups excluding carboxylic acids is 1. The molecule has 0 unspecified atom stereocenters. The topological polar surface area (TPSA) is 84.4 Å². The van der Waals surface area contributed by atoms with Crippen LogP contribution in [-0.4, -0.2) is 24.5 Å². The lowest BCUT2D eigenvalue weighted by molar-refractivity contribution is -0.109. The Labute approximate surface area is 111 Å². The molecule has 0 radical (unpaired) electrons. The number of carbonyl (C=O) groups is 1. The smallest absolute Gasteiger partial charge is 0.207 e. The molecule has 0 spiro atoms. The van der Waals surface area contributed by atoms with Gasteiger partial charge in [0.15, 0.2) is 0 Å². The number of unbranched alkanes of at least 4 members (excludes halogenated alkanes) is 2. The van der Waals surface area contributed by atoms with Crippen molar-refractivity contribution in [3.8, 4) is 0 Å². The molecule has 5 heteroatoms. The number of allylic oxidation sites excluding steroid dienone is 2. The predicted octanol–water partition coefficient (Wildman–Crippen LogP) is 1.46. The van der Waals surface area contributed by atoms with Gasteiger partial charge in [-0.1, -0.05) is 26.7 Å². The zero-order valence-electron chi connectivity index (χ0n) is 11.7. The summed E-state index contributed by atoms with van der Waals surface area (Å²) < 4.78 is 0. The van der Waals surface area contributed by atoms with Gasteiger partial charge in [0.2, 0.25) is 6.41 Å². The summed E-state index contributed by atoms with van der Waals surface area (Å²) in [4.78, 5) is 10.1. The third kappa shape index (κ3) is 7.17. The second-order valence-electron chi connectivity index (χ2n) is 4.40. The van der Waals surface area contributed by atoms with Crippen LogP contribution in [0.2, 0.25) is 0 Å². The summed E-state index contributed by atoms with van der Waals surface area (Å²) in [5, 5.41) is 4.37. The highest BCUT2D eigenvalue weighted by molar-refractivity contribution is 5.45. The lowest BCUT2D eigenvalue weighted by atomic mass is 10.1. The summed E-state index contributed by atoms with van der Waals surface area (Å²) in [6.45, 7) is 5.57. The molecule has 0 atom stereocenters. The molecule has 0 fully saturated rings. The molecule has 18 heavy (non-hydrogen) atoms. The second kappa shape index (κ2) is 10.9. The van der Waals surface area contributed by atoms with E-state index >= 15 is 0 Å². The van der Waals surface area contributed by atoms with Crippen LogP contribution in [0.5, 0.6) is 0 Å². The molecule has 0 aliphatic heterocycles. The molecule has 5 nitrogen and oxygen atoms in total. The summed E-state index contributed by atoms with van der Waals surface area (Å²) in [6.07, 6.45) is 6.79. The molecule has 0 aromatic rings. The highest BCUT2D eigenvalue weighted by atomic mass is 16.1. The Hall–Kier alpha value is -1.23. The summed E-state index contributed by atoms with van der Waals surface area (Å²) in [7, 11) is 0. The van der Waals surface area contributed by atoms with E-state index in [-0.39, 0.29) is 0 Å². The summed E-state index contributed by atoms with van der Waals surface area (Å²) in [6, 6.07) is 0. The maximum atomic E-state index is 10.1. The quantitative estimate of drug-likeness (QED) is 0.226. The molecule has 0 aliphatic rings. The molecular weight excluding hydrogens is 228 g/mol. The zero-order chi connectivity index (χ0) is 13.8. The minimum atomic E-state index is 0.644. The highest BCUT2D eigenvalue weighted by Crippen LogP contribution is 2.15. The Bertz CT molecular complexity index is 253. The van der Waals surface area contributed by atoms with Gasteiger partial charge in [0.1, 0.15) is 0 Å². The van der Waals surface area contributed by atoms with Crippen LogP contribution in [0.4, 0.5) is 0 Å². The van der Waals surface area contributed by atoms with Crippen LogP contribution in [0.25, 0.3) is 0 Å². The summed E-state index contributed by atoms with van der Waals surface area (Å²) >= 11 is 0. The third-order valence-corrected chi connectivity index (χ3v) is 2.92. The fraction of sp³-hybridized carbons (Fsp3) is 0.769.